The Morgan fingerprint density at radius 3 is 2.56 bits per heavy atom. The summed E-state index contributed by atoms with van der Waals surface area (Å²) in [5, 5.41) is 2.66. The molecular weight excluding hydrogens is 234 g/mol. The number of hydrogen-bond acceptors (Lipinski definition) is 4. The molecule has 0 saturated heterocycles. The zero-order valence-electron chi connectivity index (χ0n) is 11.2. The fraction of sp³-hybridized carbons (Fsp3) is 0.462. The van der Waals surface area contributed by atoms with Crippen LogP contribution in [0.15, 0.2) is 12.1 Å². The number of ether oxygens (including phenoxy) is 3. The zero-order valence-corrected chi connectivity index (χ0v) is 11.2. The molecule has 0 fully saturated rings. The van der Waals surface area contributed by atoms with Crippen LogP contribution in [0.25, 0.3) is 0 Å². The Balaban J connectivity index is 2.83. The SMILES string of the molecule is CCOC(=O)NCc1ccc(OC)c(C)c1OC. The zero-order chi connectivity index (χ0) is 13.5. The minimum atomic E-state index is -0.437. The summed E-state index contributed by atoms with van der Waals surface area (Å²) in [4.78, 5) is 11.2. The first kappa shape index (κ1) is 14.2. The summed E-state index contributed by atoms with van der Waals surface area (Å²) in [6, 6.07) is 3.71. The van der Waals surface area contributed by atoms with Crippen LogP contribution in [-0.4, -0.2) is 26.9 Å². The summed E-state index contributed by atoms with van der Waals surface area (Å²) < 4.78 is 15.4. The Bertz CT molecular complexity index is 418. The molecule has 1 rings (SSSR count). The van der Waals surface area contributed by atoms with Crippen LogP contribution in [0.5, 0.6) is 11.5 Å². The Labute approximate surface area is 107 Å². The van der Waals surface area contributed by atoms with Gasteiger partial charge in [-0.1, -0.05) is 0 Å². The van der Waals surface area contributed by atoms with E-state index in [0.29, 0.717) is 18.9 Å². The predicted molar refractivity (Wildman–Crippen MR) is 68.1 cm³/mol. The van der Waals surface area contributed by atoms with E-state index < -0.39 is 6.09 Å². The lowest BCUT2D eigenvalue weighted by molar-refractivity contribution is 0.151. The van der Waals surface area contributed by atoms with Gasteiger partial charge in [0, 0.05) is 17.7 Å². The Kier molecular flexibility index (Phi) is 5.30. The molecule has 0 unspecified atom stereocenters. The molecule has 0 bridgehead atoms. The number of carbonyl (C=O) groups is 1. The van der Waals surface area contributed by atoms with Gasteiger partial charge in [0.15, 0.2) is 0 Å². The van der Waals surface area contributed by atoms with Crippen molar-refractivity contribution in [2.75, 3.05) is 20.8 Å². The third-order valence-electron chi connectivity index (χ3n) is 2.56. The molecule has 1 amide bonds. The third kappa shape index (κ3) is 3.29. The molecule has 18 heavy (non-hydrogen) atoms. The topological polar surface area (TPSA) is 56.8 Å². The first-order chi connectivity index (χ1) is 8.63. The fourth-order valence-electron chi connectivity index (χ4n) is 1.72. The van der Waals surface area contributed by atoms with Gasteiger partial charge < -0.3 is 19.5 Å². The van der Waals surface area contributed by atoms with Gasteiger partial charge in [-0.15, -0.1) is 0 Å². The van der Waals surface area contributed by atoms with Crippen LogP contribution in [-0.2, 0) is 11.3 Å². The molecule has 100 valence electrons. The maximum Gasteiger partial charge on any atom is 0.407 e. The largest absolute Gasteiger partial charge is 0.496 e. The standard InChI is InChI=1S/C13H19NO4/c1-5-18-13(15)14-8-10-6-7-11(16-3)9(2)12(10)17-4/h6-7H,5,8H2,1-4H3,(H,14,15). The van der Waals surface area contributed by atoms with Crippen LogP contribution >= 0.6 is 0 Å². The molecule has 5 nitrogen and oxygen atoms in total. The second-order valence-electron chi connectivity index (χ2n) is 3.66. The molecule has 0 saturated carbocycles. The molecule has 0 aliphatic heterocycles. The highest BCUT2D eigenvalue weighted by molar-refractivity contribution is 5.67. The highest BCUT2D eigenvalue weighted by atomic mass is 16.5. The number of rotatable bonds is 5. The van der Waals surface area contributed by atoms with Crippen LogP contribution < -0.4 is 14.8 Å². The molecule has 0 aromatic heterocycles. The number of amides is 1. The van der Waals surface area contributed by atoms with E-state index in [4.69, 9.17) is 14.2 Å². The number of hydrogen-bond donors (Lipinski definition) is 1. The highest BCUT2D eigenvalue weighted by Gasteiger charge is 2.12. The van der Waals surface area contributed by atoms with Gasteiger partial charge >= 0.3 is 6.09 Å². The minimum Gasteiger partial charge on any atom is -0.496 e. The van der Waals surface area contributed by atoms with Crippen LogP contribution in [0.2, 0.25) is 0 Å². The fourth-order valence-corrected chi connectivity index (χ4v) is 1.72. The van der Waals surface area contributed by atoms with E-state index in [-0.39, 0.29) is 0 Å². The first-order valence-electron chi connectivity index (χ1n) is 5.75. The smallest absolute Gasteiger partial charge is 0.407 e. The van der Waals surface area contributed by atoms with E-state index in [1.807, 2.05) is 19.1 Å². The van der Waals surface area contributed by atoms with Crippen LogP contribution in [0.3, 0.4) is 0 Å². The van der Waals surface area contributed by atoms with Crippen molar-refractivity contribution >= 4 is 6.09 Å². The lowest BCUT2D eigenvalue weighted by atomic mass is 10.1. The summed E-state index contributed by atoms with van der Waals surface area (Å²) in [6.45, 7) is 4.38. The summed E-state index contributed by atoms with van der Waals surface area (Å²) >= 11 is 0. The lowest BCUT2D eigenvalue weighted by Gasteiger charge is -2.14. The van der Waals surface area contributed by atoms with Crippen molar-refractivity contribution in [1.82, 2.24) is 5.32 Å². The van der Waals surface area contributed by atoms with Crippen LogP contribution in [0, 0.1) is 6.92 Å². The molecule has 0 aliphatic rings. The third-order valence-corrected chi connectivity index (χ3v) is 2.56. The van der Waals surface area contributed by atoms with Crippen molar-refractivity contribution < 1.29 is 19.0 Å². The Hall–Kier alpha value is -1.91. The van der Waals surface area contributed by atoms with Gasteiger partial charge in [0.25, 0.3) is 0 Å². The predicted octanol–water partition coefficient (Wildman–Crippen LogP) is 2.26. The van der Waals surface area contributed by atoms with Crippen molar-refractivity contribution in [2.24, 2.45) is 0 Å². The van der Waals surface area contributed by atoms with E-state index in [0.717, 1.165) is 16.9 Å². The molecule has 5 heteroatoms. The summed E-state index contributed by atoms with van der Waals surface area (Å²) in [5.41, 5.74) is 1.78. The summed E-state index contributed by atoms with van der Waals surface area (Å²) in [6.07, 6.45) is -0.437. The van der Waals surface area contributed by atoms with Gasteiger partial charge in [-0.3, -0.25) is 0 Å². The number of benzene rings is 1. The van der Waals surface area contributed by atoms with Crippen molar-refractivity contribution in [3.05, 3.63) is 23.3 Å². The quantitative estimate of drug-likeness (QED) is 0.874. The first-order valence-corrected chi connectivity index (χ1v) is 5.75. The lowest BCUT2D eigenvalue weighted by Crippen LogP contribution is -2.24. The van der Waals surface area contributed by atoms with Crippen molar-refractivity contribution in [3.8, 4) is 11.5 Å². The van der Waals surface area contributed by atoms with Crippen LogP contribution in [0.4, 0.5) is 4.79 Å². The van der Waals surface area contributed by atoms with E-state index in [1.165, 1.54) is 0 Å². The minimum absolute atomic E-state index is 0.352. The maximum absolute atomic E-state index is 11.2. The number of methoxy groups -OCH3 is 2. The van der Waals surface area contributed by atoms with Crippen molar-refractivity contribution in [2.45, 2.75) is 20.4 Å². The molecule has 1 aromatic rings. The second kappa shape index (κ2) is 6.74. The molecule has 0 heterocycles. The van der Waals surface area contributed by atoms with Gasteiger partial charge in [-0.2, -0.15) is 0 Å². The summed E-state index contributed by atoms with van der Waals surface area (Å²) in [5.74, 6) is 1.47. The van der Waals surface area contributed by atoms with E-state index in [2.05, 4.69) is 5.32 Å². The van der Waals surface area contributed by atoms with Gasteiger partial charge in [-0.05, 0) is 26.0 Å². The van der Waals surface area contributed by atoms with E-state index >= 15 is 0 Å². The molecule has 0 atom stereocenters. The molecule has 0 spiro atoms. The number of carbonyl (C=O) groups excluding carboxylic acids is 1. The normalized spacial score (nSPS) is 9.78. The molecule has 0 radical (unpaired) electrons. The number of alkyl carbamates (subject to hydrolysis) is 1. The molecule has 1 aromatic carbocycles. The van der Waals surface area contributed by atoms with Gasteiger partial charge in [-0.25, -0.2) is 4.79 Å². The van der Waals surface area contributed by atoms with E-state index in [1.54, 1.807) is 21.1 Å². The van der Waals surface area contributed by atoms with Gasteiger partial charge in [0.05, 0.1) is 20.8 Å². The Morgan fingerprint density at radius 2 is 2.00 bits per heavy atom. The highest BCUT2D eigenvalue weighted by Crippen LogP contribution is 2.31. The monoisotopic (exact) mass is 253 g/mol. The average Bonchev–Trinajstić information content (AvgIpc) is 2.36. The molecule has 0 aliphatic carbocycles. The van der Waals surface area contributed by atoms with Crippen LogP contribution in [0.1, 0.15) is 18.1 Å². The molecule has 1 N–H and O–H groups in total. The van der Waals surface area contributed by atoms with Gasteiger partial charge in [0.1, 0.15) is 11.5 Å². The average molecular weight is 253 g/mol. The summed E-state index contributed by atoms with van der Waals surface area (Å²) in [7, 11) is 3.20. The Morgan fingerprint density at radius 1 is 1.28 bits per heavy atom. The van der Waals surface area contributed by atoms with E-state index in [9.17, 15) is 4.79 Å². The van der Waals surface area contributed by atoms with Crippen molar-refractivity contribution in [1.29, 1.82) is 0 Å². The van der Waals surface area contributed by atoms with Gasteiger partial charge in [0.2, 0.25) is 0 Å². The second-order valence-corrected chi connectivity index (χ2v) is 3.66. The maximum atomic E-state index is 11.2. The molecular formula is C13H19NO4. The number of nitrogens with one attached hydrogen (secondary N) is 1. The van der Waals surface area contributed by atoms with Crippen molar-refractivity contribution in [3.63, 3.8) is 0 Å².